The first-order valence-electron chi connectivity index (χ1n) is 8.27. The number of carbonyl (C=O) groups is 2. The second-order valence-corrected chi connectivity index (χ2v) is 5.76. The summed E-state index contributed by atoms with van der Waals surface area (Å²) in [6, 6.07) is 17.3. The molecule has 5 heteroatoms. The first-order chi connectivity index (χ1) is 12.6. The van der Waals surface area contributed by atoms with Crippen LogP contribution >= 0.6 is 0 Å². The van der Waals surface area contributed by atoms with Crippen LogP contribution in [-0.2, 0) is 20.7 Å². The molecule has 0 atom stereocenters. The summed E-state index contributed by atoms with van der Waals surface area (Å²) < 4.78 is 10.2. The molecule has 1 heterocycles. The minimum Gasteiger partial charge on any atom is -0.469 e. The Morgan fingerprint density at radius 1 is 1.08 bits per heavy atom. The number of methoxy groups -OCH3 is 1. The Hall–Kier alpha value is -3.34. The van der Waals surface area contributed by atoms with Crippen molar-refractivity contribution in [1.82, 2.24) is 0 Å². The van der Waals surface area contributed by atoms with Crippen molar-refractivity contribution < 1.29 is 18.7 Å². The third kappa shape index (κ3) is 4.60. The number of carbonyl (C=O) groups excluding carboxylic acids is 2. The molecule has 1 N–H and O–H groups in total. The van der Waals surface area contributed by atoms with Crippen molar-refractivity contribution in [1.29, 1.82) is 0 Å². The summed E-state index contributed by atoms with van der Waals surface area (Å²) in [6.45, 7) is 0. The molecular formula is C21H19NO4. The highest BCUT2D eigenvalue weighted by molar-refractivity contribution is 6.02. The highest BCUT2D eigenvalue weighted by atomic mass is 16.5. The van der Waals surface area contributed by atoms with Crippen molar-refractivity contribution in [3.05, 3.63) is 72.2 Å². The summed E-state index contributed by atoms with van der Waals surface area (Å²) in [5.41, 5.74) is 0.733. The number of esters is 1. The van der Waals surface area contributed by atoms with Gasteiger partial charge in [0.05, 0.1) is 13.5 Å². The van der Waals surface area contributed by atoms with Crippen molar-refractivity contribution in [3.8, 4) is 0 Å². The van der Waals surface area contributed by atoms with E-state index in [4.69, 9.17) is 4.42 Å². The zero-order chi connectivity index (χ0) is 18.4. The van der Waals surface area contributed by atoms with Gasteiger partial charge in [-0.2, -0.15) is 0 Å². The summed E-state index contributed by atoms with van der Waals surface area (Å²) >= 11 is 0. The average molecular weight is 349 g/mol. The van der Waals surface area contributed by atoms with Crippen LogP contribution in [0.2, 0.25) is 0 Å². The number of aryl methyl sites for hydroxylation is 1. The molecule has 0 unspecified atom stereocenters. The predicted octanol–water partition coefficient (Wildman–Crippen LogP) is 4.19. The highest BCUT2D eigenvalue weighted by Crippen LogP contribution is 2.19. The van der Waals surface area contributed by atoms with E-state index in [0.717, 1.165) is 16.5 Å². The Balaban J connectivity index is 1.58. The van der Waals surface area contributed by atoms with E-state index < -0.39 is 0 Å². The lowest BCUT2D eigenvalue weighted by atomic mass is 10.1. The van der Waals surface area contributed by atoms with E-state index in [1.807, 2.05) is 42.5 Å². The SMILES string of the molecule is COC(=O)CCc1ccc(/C=C/C(=O)Nc2ccc3ccccc3c2)o1. The first kappa shape index (κ1) is 17.5. The number of hydrogen-bond donors (Lipinski definition) is 1. The van der Waals surface area contributed by atoms with E-state index in [2.05, 4.69) is 10.1 Å². The molecule has 0 aliphatic carbocycles. The maximum atomic E-state index is 12.1. The first-order valence-corrected chi connectivity index (χ1v) is 8.27. The Labute approximate surface area is 151 Å². The fourth-order valence-electron chi connectivity index (χ4n) is 2.55. The van der Waals surface area contributed by atoms with E-state index in [1.165, 1.54) is 13.2 Å². The van der Waals surface area contributed by atoms with Gasteiger partial charge in [0.1, 0.15) is 11.5 Å². The minimum atomic E-state index is -0.284. The molecule has 3 rings (SSSR count). The number of benzene rings is 2. The monoisotopic (exact) mass is 349 g/mol. The number of furan rings is 1. The standard InChI is InChI=1S/C21H19NO4/c1-25-21(24)13-11-19-9-8-18(26-19)10-12-20(23)22-17-7-6-15-4-2-3-5-16(15)14-17/h2-10,12,14H,11,13H2,1H3,(H,22,23)/b12-10+. The third-order valence-electron chi connectivity index (χ3n) is 3.90. The van der Waals surface area contributed by atoms with Crippen LogP contribution in [0.1, 0.15) is 17.9 Å². The molecule has 1 aromatic heterocycles. The molecule has 2 aromatic carbocycles. The Kier molecular flexibility index (Phi) is 5.49. The Bertz CT molecular complexity index is 955. The zero-order valence-electron chi connectivity index (χ0n) is 14.4. The van der Waals surface area contributed by atoms with Crippen LogP contribution in [0.3, 0.4) is 0 Å². The van der Waals surface area contributed by atoms with Crippen LogP contribution in [0.25, 0.3) is 16.8 Å². The maximum absolute atomic E-state index is 12.1. The van der Waals surface area contributed by atoms with Crippen molar-refractivity contribution in [2.24, 2.45) is 0 Å². The molecule has 0 fully saturated rings. The smallest absolute Gasteiger partial charge is 0.305 e. The quantitative estimate of drug-likeness (QED) is 0.535. The number of anilines is 1. The predicted molar refractivity (Wildman–Crippen MR) is 101 cm³/mol. The van der Waals surface area contributed by atoms with Gasteiger partial charge in [-0.3, -0.25) is 9.59 Å². The van der Waals surface area contributed by atoms with Gasteiger partial charge in [-0.15, -0.1) is 0 Å². The van der Waals surface area contributed by atoms with Gasteiger partial charge in [-0.1, -0.05) is 30.3 Å². The molecule has 5 nitrogen and oxygen atoms in total. The van der Waals surface area contributed by atoms with Gasteiger partial charge < -0.3 is 14.5 Å². The molecule has 0 saturated heterocycles. The molecule has 3 aromatic rings. The van der Waals surface area contributed by atoms with Gasteiger partial charge in [-0.05, 0) is 41.1 Å². The van der Waals surface area contributed by atoms with Crippen LogP contribution in [0.5, 0.6) is 0 Å². The van der Waals surface area contributed by atoms with Gasteiger partial charge in [-0.25, -0.2) is 0 Å². The van der Waals surface area contributed by atoms with Gasteiger partial charge in [0.2, 0.25) is 5.91 Å². The topological polar surface area (TPSA) is 68.5 Å². The van der Waals surface area contributed by atoms with Gasteiger partial charge in [0.25, 0.3) is 0 Å². The summed E-state index contributed by atoms with van der Waals surface area (Å²) in [7, 11) is 1.35. The number of ether oxygens (including phenoxy) is 1. The van der Waals surface area contributed by atoms with E-state index in [9.17, 15) is 9.59 Å². The molecule has 132 valence electrons. The highest BCUT2D eigenvalue weighted by Gasteiger charge is 2.05. The Morgan fingerprint density at radius 2 is 1.88 bits per heavy atom. The molecular weight excluding hydrogens is 330 g/mol. The maximum Gasteiger partial charge on any atom is 0.305 e. The molecule has 26 heavy (non-hydrogen) atoms. The molecule has 0 bridgehead atoms. The summed E-state index contributed by atoms with van der Waals surface area (Å²) in [6.07, 6.45) is 3.73. The lowest BCUT2D eigenvalue weighted by Gasteiger charge is -2.04. The number of fused-ring (bicyclic) bond motifs is 1. The fourth-order valence-corrected chi connectivity index (χ4v) is 2.55. The van der Waals surface area contributed by atoms with Gasteiger partial charge >= 0.3 is 5.97 Å². The van der Waals surface area contributed by atoms with Crippen LogP contribution in [0.4, 0.5) is 5.69 Å². The molecule has 0 radical (unpaired) electrons. The second-order valence-electron chi connectivity index (χ2n) is 5.76. The van der Waals surface area contributed by atoms with Crippen molar-refractivity contribution in [2.45, 2.75) is 12.8 Å². The average Bonchev–Trinajstić information content (AvgIpc) is 3.12. The van der Waals surface area contributed by atoms with Gasteiger partial charge in [0, 0.05) is 18.2 Å². The van der Waals surface area contributed by atoms with Gasteiger partial charge in [0.15, 0.2) is 0 Å². The summed E-state index contributed by atoms with van der Waals surface area (Å²) in [5, 5.41) is 5.02. The zero-order valence-corrected chi connectivity index (χ0v) is 14.4. The normalized spacial score (nSPS) is 11.0. The third-order valence-corrected chi connectivity index (χ3v) is 3.90. The lowest BCUT2D eigenvalue weighted by Crippen LogP contribution is -2.07. The molecule has 0 saturated carbocycles. The number of nitrogens with one attached hydrogen (secondary N) is 1. The molecule has 0 spiro atoms. The number of rotatable bonds is 6. The van der Waals surface area contributed by atoms with E-state index in [-0.39, 0.29) is 18.3 Å². The van der Waals surface area contributed by atoms with E-state index >= 15 is 0 Å². The van der Waals surface area contributed by atoms with Crippen LogP contribution in [0, 0.1) is 0 Å². The van der Waals surface area contributed by atoms with E-state index in [1.54, 1.807) is 18.2 Å². The fraction of sp³-hybridized carbons (Fsp3) is 0.143. The number of amides is 1. The van der Waals surface area contributed by atoms with Crippen molar-refractivity contribution >= 4 is 34.4 Å². The molecule has 0 aliphatic rings. The second kappa shape index (κ2) is 8.16. The van der Waals surface area contributed by atoms with Crippen molar-refractivity contribution in [3.63, 3.8) is 0 Å². The minimum absolute atomic E-state index is 0.243. The van der Waals surface area contributed by atoms with Crippen LogP contribution in [-0.4, -0.2) is 19.0 Å². The summed E-state index contributed by atoms with van der Waals surface area (Å²) in [5.74, 6) is 0.699. The lowest BCUT2D eigenvalue weighted by molar-refractivity contribution is -0.140. The molecule has 0 aliphatic heterocycles. The van der Waals surface area contributed by atoms with Crippen LogP contribution < -0.4 is 5.32 Å². The van der Waals surface area contributed by atoms with E-state index in [0.29, 0.717) is 17.9 Å². The Morgan fingerprint density at radius 3 is 2.69 bits per heavy atom. The number of hydrogen-bond acceptors (Lipinski definition) is 4. The summed E-state index contributed by atoms with van der Waals surface area (Å²) in [4.78, 5) is 23.2. The molecule has 1 amide bonds. The largest absolute Gasteiger partial charge is 0.469 e. The van der Waals surface area contributed by atoms with Crippen molar-refractivity contribution in [2.75, 3.05) is 12.4 Å². The van der Waals surface area contributed by atoms with Crippen LogP contribution in [0.15, 0.2) is 65.1 Å².